The van der Waals surface area contributed by atoms with Crippen LogP contribution in [0.25, 0.3) is 0 Å². The molecule has 0 fully saturated rings. The molecular formula is C11H11N3OS. The Balaban J connectivity index is 2.00. The van der Waals surface area contributed by atoms with E-state index in [2.05, 4.69) is 10.3 Å². The largest absolute Gasteiger partial charge is 0.397 e. The molecule has 1 amide bonds. The number of nitrogens with two attached hydrogens (primary N) is 1. The molecule has 82 valence electrons. The highest BCUT2D eigenvalue weighted by Gasteiger charge is 2.06. The number of aromatic nitrogens is 1. The lowest BCUT2D eigenvalue weighted by Gasteiger charge is -2.06. The van der Waals surface area contributed by atoms with Crippen LogP contribution < -0.4 is 11.1 Å². The quantitative estimate of drug-likeness (QED) is 0.796. The molecule has 0 bridgehead atoms. The smallest absolute Gasteiger partial charge is 0.230 e. The second-order valence-corrected chi connectivity index (χ2v) is 4.01. The molecule has 16 heavy (non-hydrogen) atoms. The number of nitrogens with zero attached hydrogens (tertiary/aromatic N) is 1. The Bertz CT molecular complexity index is 482. The van der Waals surface area contributed by atoms with E-state index in [1.165, 1.54) is 11.3 Å². The van der Waals surface area contributed by atoms with E-state index in [1.807, 2.05) is 17.5 Å². The van der Waals surface area contributed by atoms with Gasteiger partial charge in [0.2, 0.25) is 5.91 Å². The summed E-state index contributed by atoms with van der Waals surface area (Å²) in [7, 11) is 0. The van der Waals surface area contributed by atoms with Gasteiger partial charge >= 0.3 is 0 Å². The number of nitrogens with one attached hydrogen (secondary N) is 1. The van der Waals surface area contributed by atoms with E-state index < -0.39 is 0 Å². The molecule has 0 spiro atoms. The minimum atomic E-state index is -0.108. The van der Waals surface area contributed by atoms with Gasteiger partial charge in [0.05, 0.1) is 29.0 Å². The van der Waals surface area contributed by atoms with Crippen LogP contribution in [0.4, 0.5) is 11.4 Å². The van der Waals surface area contributed by atoms with Gasteiger partial charge in [-0.15, -0.1) is 11.3 Å². The van der Waals surface area contributed by atoms with E-state index in [9.17, 15) is 4.79 Å². The predicted octanol–water partition coefficient (Wildman–Crippen LogP) is 1.91. The van der Waals surface area contributed by atoms with Crippen LogP contribution in [0.3, 0.4) is 0 Å². The minimum absolute atomic E-state index is 0.108. The minimum Gasteiger partial charge on any atom is -0.397 e. The van der Waals surface area contributed by atoms with Crippen molar-refractivity contribution in [2.75, 3.05) is 11.1 Å². The van der Waals surface area contributed by atoms with E-state index in [4.69, 9.17) is 5.73 Å². The van der Waals surface area contributed by atoms with Crippen LogP contribution in [0.15, 0.2) is 35.2 Å². The summed E-state index contributed by atoms with van der Waals surface area (Å²) in [5.74, 6) is -0.108. The van der Waals surface area contributed by atoms with Gasteiger partial charge in [-0.25, -0.2) is 4.98 Å². The van der Waals surface area contributed by atoms with Crippen molar-refractivity contribution in [1.82, 2.24) is 4.98 Å². The summed E-state index contributed by atoms with van der Waals surface area (Å²) in [6.45, 7) is 0. The average Bonchev–Trinajstić information content (AvgIpc) is 2.74. The summed E-state index contributed by atoms with van der Waals surface area (Å²) < 4.78 is 0. The number of benzene rings is 1. The van der Waals surface area contributed by atoms with Gasteiger partial charge in [-0.05, 0) is 12.1 Å². The Morgan fingerprint density at radius 3 is 2.94 bits per heavy atom. The van der Waals surface area contributed by atoms with Crippen LogP contribution in [0, 0.1) is 0 Å². The average molecular weight is 233 g/mol. The van der Waals surface area contributed by atoms with E-state index in [1.54, 1.807) is 17.6 Å². The highest BCUT2D eigenvalue weighted by atomic mass is 32.1. The number of carbonyl (C=O) groups is 1. The zero-order valence-corrected chi connectivity index (χ0v) is 9.33. The number of rotatable bonds is 3. The lowest BCUT2D eigenvalue weighted by molar-refractivity contribution is -0.115. The summed E-state index contributed by atoms with van der Waals surface area (Å²) >= 11 is 1.48. The monoisotopic (exact) mass is 233 g/mol. The second-order valence-electron chi connectivity index (χ2n) is 3.29. The first-order valence-electron chi connectivity index (χ1n) is 4.77. The summed E-state index contributed by atoms with van der Waals surface area (Å²) in [6, 6.07) is 7.17. The molecule has 1 heterocycles. The number of hydrogen-bond acceptors (Lipinski definition) is 4. The Labute approximate surface area is 97.1 Å². The molecule has 4 nitrogen and oxygen atoms in total. The van der Waals surface area contributed by atoms with Gasteiger partial charge in [0.15, 0.2) is 0 Å². The maximum Gasteiger partial charge on any atom is 0.230 e. The van der Waals surface area contributed by atoms with Gasteiger partial charge in [0.1, 0.15) is 0 Å². The van der Waals surface area contributed by atoms with Gasteiger partial charge < -0.3 is 11.1 Å². The third-order valence-electron chi connectivity index (χ3n) is 2.06. The molecule has 0 saturated heterocycles. The molecule has 2 aromatic rings. The van der Waals surface area contributed by atoms with E-state index in [0.717, 1.165) is 5.69 Å². The van der Waals surface area contributed by atoms with Crippen molar-refractivity contribution in [3.63, 3.8) is 0 Å². The first-order chi connectivity index (χ1) is 7.75. The first kappa shape index (κ1) is 10.6. The summed E-state index contributed by atoms with van der Waals surface area (Å²) in [4.78, 5) is 15.7. The van der Waals surface area contributed by atoms with Gasteiger partial charge in [-0.2, -0.15) is 0 Å². The Hall–Kier alpha value is -1.88. The zero-order valence-electron chi connectivity index (χ0n) is 8.51. The normalized spacial score (nSPS) is 10.0. The molecule has 2 rings (SSSR count). The van der Waals surface area contributed by atoms with Crippen LogP contribution in [0.2, 0.25) is 0 Å². The highest BCUT2D eigenvalue weighted by Crippen LogP contribution is 2.16. The maximum atomic E-state index is 11.6. The number of hydrogen-bond donors (Lipinski definition) is 2. The molecule has 0 unspecified atom stereocenters. The molecule has 3 N–H and O–H groups in total. The van der Waals surface area contributed by atoms with Gasteiger partial charge in [0.25, 0.3) is 0 Å². The van der Waals surface area contributed by atoms with Crippen molar-refractivity contribution in [2.45, 2.75) is 6.42 Å². The topological polar surface area (TPSA) is 68.0 Å². The van der Waals surface area contributed by atoms with Crippen molar-refractivity contribution in [3.05, 3.63) is 40.8 Å². The molecule has 0 atom stereocenters. The van der Waals surface area contributed by atoms with Gasteiger partial charge in [0, 0.05) is 5.38 Å². The van der Waals surface area contributed by atoms with Crippen LogP contribution >= 0.6 is 11.3 Å². The Morgan fingerprint density at radius 1 is 1.44 bits per heavy atom. The molecule has 1 aromatic carbocycles. The fraction of sp³-hybridized carbons (Fsp3) is 0.0909. The van der Waals surface area contributed by atoms with E-state index >= 15 is 0 Å². The molecule has 0 aliphatic heterocycles. The molecule has 0 aliphatic carbocycles. The number of anilines is 2. The third kappa shape index (κ3) is 2.58. The fourth-order valence-corrected chi connectivity index (χ4v) is 1.85. The van der Waals surface area contributed by atoms with Crippen molar-refractivity contribution < 1.29 is 4.79 Å². The van der Waals surface area contributed by atoms with Crippen LogP contribution in [0.5, 0.6) is 0 Å². The van der Waals surface area contributed by atoms with Gasteiger partial charge in [-0.3, -0.25) is 4.79 Å². The number of thiazole rings is 1. The summed E-state index contributed by atoms with van der Waals surface area (Å²) in [5, 5.41) is 4.60. The van der Waals surface area contributed by atoms with Crippen molar-refractivity contribution in [1.29, 1.82) is 0 Å². The molecule has 0 aliphatic rings. The fourth-order valence-electron chi connectivity index (χ4n) is 1.29. The number of amides is 1. The zero-order chi connectivity index (χ0) is 11.4. The van der Waals surface area contributed by atoms with Gasteiger partial charge in [-0.1, -0.05) is 12.1 Å². The predicted molar refractivity (Wildman–Crippen MR) is 65.3 cm³/mol. The molecule has 0 saturated carbocycles. The second kappa shape index (κ2) is 4.76. The first-order valence-corrected chi connectivity index (χ1v) is 5.71. The lowest BCUT2D eigenvalue weighted by atomic mass is 10.2. The number of carbonyl (C=O) groups excluding carboxylic acids is 1. The van der Waals surface area contributed by atoms with Crippen molar-refractivity contribution in [3.8, 4) is 0 Å². The summed E-state index contributed by atoms with van der Waals surface area (Å²) in [6.07, 6.45) is 0.276. The molecule has 1 aromatic heterocycles. The maximum absolute atomic E-state index is 11.6. The van der Waals surface area contributed by atoms with E-state index in [-0.39, 0.29) is 12.3 Å². The summed E-state index contributed by atoms with van der Waals surface area (Å²) in [5.41, 5.74) is 9.40. The standard InChI is InChI=1S/C11H11N3OS/c12-9-3-1-2-4-10(9)14-11(15)5-8-6-16-7-13-8/h1-4,6-7H,5,12H2,(H,14,15). The van der Waals surface area contributed by atoms with Crippen molar-refractivity contribution >= 4 is 28.6 Å². The van der Waals surface area contributed by atoms with Crippen LogP contribution in [-0.2, 0) is 11.2 Å². The molecule has 0 radical (unpaired) electrons. The lowest BCUT2D eigenvalue weighted by Crippen LogP contribution is -2.15. The third-order valence-corrected chi connectivity index (χ3v) is 2.70. The Kier molecular flexibility index (Phi) is 3.16. The molecular weight excluding hydrogens is 222 g/mol. The van der Waals surface area contributed by atoms with Crippen LogP contribution in [-0.4, -0.2) is 10.9 Å². The number of para-hydroxylation sites is 2. The highest BCUT2D eigenvalue weighted by molar-refractivity contribution is 7.07. The Morgan fingerprint density at radius 2 is 2.25 bits per heavy atom. The number of nitrogen functional groups attached to an aromatic ring is 1. The SMILES string of the molecule is Nc1ccccc1NC(=O)Cc1cscn1. The molecule has 5 heteroatoms. The van der Waals surface area contributed by atoms with Crippen LogP contribution in [0.1, 0.15) is 5.69 Å². The van der Waals surface area contributed by atoms with E-state index in [0.29, 0.717) is 11.4 Å². The van der Waals surface area contributed by atoms with Crippen molar-refractivity contribution in [2.24, 2.45) is 0 Å².